The molecule has 0 N–H and O–H groups in total. The Kier molecular flexibility index (Phi) is 11.6. The first kappa shape index (κ1) is 36.1. The Hall–Kier alpha value is -5.16. The molecule has 4 aromatic rings. The van der Waals surface area contributed by atoms with Crippen molar-refractivity contribution in [2.75, 3.05) is 20.3 Å². The van der Waals surface area contributed by atoms with Crippen molar-refractivity contribution < 1.29 is 32.9 Å². The Morgan fingerprint density at radius 2 is 1.80 bits per heavy atom. The molecule has 0 bridgehead atoms. The van der Waals surface area contributed by atoms with Gasteiger partial charge < -0.3 is 23.7 Å². The van der Waals surface area contributed by atoms with Crippen LogP contribution in [-0.2, 0) is 22.6 Å². The van der Waals surface area contributed by atoms with E-state index >= 15 is 0 Å². The number of halogens is 1. The third kappa shape index (κ3) is 7.83. The van der Waals surface area contributed by atoms with Gasteiger partial charge in [0, 0.05) is 5.56 Å². The van der Waals surface area contributed by atoms with Crippen molar-refractivity contribution in [2.45, 2.75) is 59.8 Å². The summed E-state index contributed by atoms with van der Waals surface area (Å²) in [6, 6.07) is 14.4. The number of benzene rings is 3. The topological polar surface area (TPSA) is 97.6 Å². The number of methoxy groups -OCH3 is 1. The molecule has 1 aliphatic rings. The van der Waals surface area contributed by atoms with Crippen LogP contribution in [0, 0.1) is 5.82 Å². The van der Waals surface area contributed by atoms with E-state index in [2.05, 4.69) is 6.58 Å². The number of carbonyl (C=O) groups excluding carboxylic acids is 1. The number of esters is 1. The summed E-state index contributed by atoms with van der Waals surface area (Å²) >= 11 is 1.22. The van der Waals surface area contributed by atoms with Crippen LogP contribution in [0.3, 0.4) is 0 Å². The number of fused-ring (bicyclic) bond motifs is 1. The van der Waals surface area contributed by atoms with Gasteiger partial charge in [-0.1, -0.05) is 35.6 Å². The number of carbonyl (C=O) groups is 1. The quantitative estimate of drug-likeness (QED) is 0.110. The number of ether oxygens (including phenoxy) is 5. The Labute approximate surface area is 294 Å². The molecular formula is C39H41FN2O7S. The Balaban J connectivity index is 1.64. The number of nitrogens with zero attached hydrogens (tertiary/aromatic N) is 2. The first-order chi connectivity index (χ1) is 24.1. The van der Waals surface area contributed by atoms with Gasteiger partial charge >= 0.3 is 5.97 Å². The van der Waals surface area contributed by atoms with Crippen LogP contribution in [0.1, 0.15) is 62.9 Å². The van der Waals surface area contributed by atoms with Gasteiger partial charge in [-0.15, -0.1) is 6.58 Å². The van der Waals surface area contributed by atoms with Gasteiger partial charge in [0.25, 0.3) is 5.56 Å². The molecule has 262 valence electrons. The van der Waals surface area contributed by atoms with Gasteiger partial charge in [0.15, 0.2) is 27.8 Å². The fourth-order valence-electron chi connectivity index (χ4n) is 5.70. The minimum atomic E-state index is -0.827. The lowest BCUT2D eigenvalue weighted by atomic mass is 9.95. The lowest BCUT2D eigenvalue weighted by Crippen LogP contribution is -2.40. The Morgan fingerprint density at radius 3 is 2.46 bits per heavy atom. The van der Waals surface area contributed by atoms with E-state index < -0.39 is 12.0 Å². The SMILES string of the molecule is C=CCc1cc(/C=c2\sc3n(c2=O)[C@H](c2ccc(OC(C)C)c(OC)c2)C(C(=O)OCC)=C(C)N=3)cc(OCC)c1OCc1ccc(F)cc1. The van der Waals surface area contributed by atoms with Gasteiger partial charge in [-0.3, -0.25) is 9.36 Å². The summed E-state index contributed by atoms with van der Waals surface area (Å²) in [6.07, 6.45) is 3.93. The lowest BCUT2D eigenvalue weighted by molar-refractivity contribution is -0.139. The van der Waals surface area contributed by atoms with Crippen LogP contribution in [0.15, 0.2) is 88.3 Å². The van der Waals surface area contributed by atoms with Crippen LogP contribution in [-0.4, -0.2) is 37.0 Å². The van der Waals surface area contributed by atoms with Crippen molar-refractivity contribution in [1.82, 2.24) is 4.57 Å². The largest absolute Gasteiger partial charge is 0.493 e. The smallest absolute Gasteiger partial charge is 0.338 e. The maximum Gasteiger partial charge on any atom is 0.338 e. The molecule has 50 heavy (non-hydrogen) atoms. The molecule has 9 nitrogen and oxygen atoms in total. The fourth-order valence-corrected chi connectivity index (χ4v) is 6.75. The average molecular weight is 701 g/mol. The summed E-state index contributed by atoms with van der Waals surface area (Å²) in [5.41, 5.74) is 3.35. The zero-order valence-electron chi connectivity index (χ0n) is 29.1. The van der Waals surface area contributed by atoms with E-state index in [0.717, 1.165) is 11.1 Å². The van der Waals surface area contributed by atoms with Crippen LogP contribution in [0.5, 0.6) is 23.0 Å². The van der Waals surface area contributed by atoms with E-state index in [-0.39, 0.29) is 36.3 Å². The summed E-state index contributed by atoms with van der Waals surface area (Å²) in [6.45, 7) is 13.9. The molecule has 0 unspecified atom stereocenters. The average Bonchev–Trinajstić information content (AvgIpc) is 3.38. The van der Waals surface area contributed by atoms with E-state index in [4.69, 9.17) is 28.7 Å². The number of hydrogen-bond acceptors (Lipinski definition) is 9. The number of hydrogen-bond donors (Lipinski definition) is 0. The molecule has 1 atom stereocenters. The summed E-state index contributed by atoms with van der Waals surface area (Å²) in [5.74, 6) is 1.18. The molecule has 1 aromatic heterocycles. The highest BCUT2D eigenvalue weighted by molar-refractivity contribution is 7.07. The molecule has 0 saturated heterocycles. The first-order valence-corrected chi connectivity index (χ1v) is 17.2. The van der Waals surface area contributed by atoms with E-state index in [1.165, 1.54) is 28.0 Å². The summed E-state index contributed by atoms with van der Waals surface area (Å²) in [7, 11) is 1.54. The highest BCUT2D eigenvalue weighted by Crippen LogP contribution is 2.37. The molecule has 3 aromatic carbocycles. The second-order valence-corrected chi connectivity index (χ2v) is 12.7. The second kappa shape index (κ2) is 16.0. The molecule has 0 amide bonds. The maximum atomic E-state index is 14.3. The first-order valence-electron chi connectivity index (χ1n) is 16.4. The van der Waals surface area contributed by atoms with Crippen LogP contribution < -0.4 is 33.8 Å². The molecule has 0 spiro atoms. The van der Waals surface area contributed by atoms with Crippen molar-refractivity contribution in [1.29, 1.82) is 0 Å². The standard InChI is InChI=1S/C39H41FN2O7S/c1-8-11-28-18-26(19-32(46-9-2)36(28)48-22-25-12-15-29(40)16-13-25)20-33-37(43)42-35(27-14-17-30(49-23(4)5)31(21-27)45-7)34(38(44)47-10-3)24(6)41-39(42)50-33/h8,12-21,23,35H,1,9-11,22H2,2-7H3/b33-20-/t35-/m1/s1. The van der Waals surface area contributed by atoms with Gasteiger partial charge in [-0.25, -0.2) is 14.2 Å². The molecule has 0 saturated carbocycles. The lowest BCUT2D eigenvalue weighted by Gasteiger charge is -2.25. The predicted molar refractivity (Wildman–Crippen MR) is 191 cm³/mol. The number of rotatable bonds is 14. The van der Waals surface area contributed by atoms with Crippen LogP contribution in [0.2, 0.25) is 0 Å². The molecule has 5 rings (SSSR count). The van der Waals surface area contributed by atoms with Gasteiger partial charge in [0.05, 0.1) is 48.3 Å². The monoisotopic (exact) mass is 700 g/mol. The van der Waals surface area contributed by atoms with Gasteiger partial charge in [0.1, 0.15) is 12.4 Å². The summed E-state index contributed by atoms with van der Waals surface area (Å²) in [4.78, 5) is 32.9. The van der Waals surface area contributed by atoms with Crippen molar-refractivity contribution in [3.8, 4) is 23.0 Å². The summed E-state index contributed by atoms with van der Waals surface area (Å²) in [5, 5.41) is 0. The minimum absolute atomic E-state index is 0.0877. The molecule has 2 heterocycles. The number of thiazole rings is 1. The van der Waals surface area contributed by atoms with Crippen molar-refractivity contribution in [3.63, 3.8) is 0 Å². The Bertz CT molecular complexity index is 2100. The molecule has 0 radical (unpaired) electrons. The summed E-state index contributed by atoms with van der Waals surface area (Å²) < 4.78 is 44.7. The molecule has 11 heteroatoms. The van der Waals surface area contributed by atoms with Crippen molar-refractivity contribution in [2.24, 2.45) is 4.99 Å². The van der Waals surface area contributed by atoms with Crippen molar-refractivity contribution in [3.05, 3.63) is 126 Å². The minimum Gasteiger partial charge on any atom is -0.493 e. The Morgan fingerprint density at radius 1 is 1.04 bits per heavy atom. The normalized spacial score (nSPS) is 14.2. The van der Waals surface area contributed by atoms with Gasteiger partial charge in [0.2, 0.25) is 0 Å². The van der Waals surface area contributed by atoms with E-state index in [1.807, 2.05) is 39.0 Å². The fraction of sp³-hybridized carbons (Fsp3) is 0.308. The third-order valence-electron chi connectivity index (χ3n) is 7.80. The maximum absolute atomic E-state index is 14.3. The molecule has 0 aliphatic carbocycles. The second-order valence-electron chi connectivity index (χ2n) is 11.7. The number of aromatic nitrogens is 1. The van der Waals surface area contributed by atoms with E-state index in [1.54, 1.807) is 57.4 Å². The van der Waals surface area contributed by atoms with Gasteiger partial charge in [-0.2, -0.15) is 0 Å². The van der Waals surface area contributed by atoms with E-state index in [0.29, 0.717) is 62.2 Å². The predicted octanol–water partition coefficient (Wildman–Crippen LogP) is 6.44. The number of allylic oxidation sites excluding steroid dienone is 2. The van der Waals surface area contributed by atoms with Crippen LogP contribution in [0.4, 0.5) is 4.39 Å². The van der Waals surface area contributed by atoms with Crippen LogP contribution >= 0.6 is 11.3 Å². The molecule has 1 aliphatic heterocycles. The highest BCUT2D eigenvalue weighted by Gasteiger charge is 2.34. The zero-order valence-corrected chi connectivity index (χ0v) is 29.9. The van der Waals surface area contributed by atoms with Crippen molar-refractivity contribution >= 4 is 23.4 Å². The zero-order chi connectivity index (χ0) is 35.9. The van der Waals surface area contributed by atoms with Gasteiger partial charge in [-0.05, 0) is 100 Å². The highest BCUT2D eigenvalue weighted by atomic mass is 32.1. The van der Waals surface area contributed by atoms with Crippen LogP contribution in [0.25, 0.3) is 6.08 Å². The molecular weight excluding hydrogens is 660 g/mol. The van der Waals surface area contributed by atoms with E-state index in [9.17, 15) is 14.0 Å². The third-order valence-corrected chi connectivity index (χ3v) is 8.78. The molecule has 0 fully saturated rings.